The Bertz CT molecular complexity index is 698. The molecule has 0 saturated carbocycles. The van der Waals surface area contributed by atoms with Gasteiger partial charge in [0, 0.05) is 5.56 Å². The van der Waals surface area contributed by atoms with Gasteiger partial charge in [0.15, 0.2) is 0 Å². The first kappa shape index (κ1) is 16.5. The molecule has 2 rings (SSSR count). The number of halogens is 3. The summed E-state index contributed by atoms with van der Waals surface area (Å²) in [4.78, 5) is 11.8. The third kappa shape index (κ3) is 4.84. The average Bonchev–Trinajstić information content (AvgIpc) is 2.53. The lowest BCUT2D eigenvalue weighted by molar-refractivity contribution is -0.0498. The normalized spacial score (nSPS) is 11.4. The molecule has 0 aromatic heterocycles. The Morgan fingerprint density at radius 2 is 1.61 bits per heavy atom. The Hall–Kier alpha value is -2.83. The van der Waals surface area contributed by atoms with Crippen LogP contribution in [-0.2, 0) is 0 Å². The molecule has 0 atom stereocenters. The molecular formula is C16H13F3N2O2. The van der Waals surface area contributed by atoms with E-state index in [9.17, 15) is 18.0 Å². The summed E-state index contributed by atoms with van der Waals surface area (Å²) >= 11 is 0. The van der Waals surface area contributed by atoms with E-state index in [-0.39, 0.29) is 11.3 Å². The van der Waals surface area contributed by atoms with Gasteiger partial charge >= 0.3 is 6.61 Å². The van der Waals surface area contributed by atoms with Crippen molar-refractivity contribution in [1.82, 2.24) is 5.43 Å². The number of rotatable bonds is 5. The van der Waals surface area contributed by atoms with Crippen LogP contribution in [0.15, 0.2) is 53.6 Å². The van der Waals surface area contributed by atoms with Gasteiger partial charge in [-0.2, -0.15) is 13.9 Å². The van der Waals surface area contributed by atoms with Crippen LogP contribution in [0.4, 0.5) is 13.2 Å². The van der Waals surface area contributed by atoms with E-state index in [2.05, 4.69) is 15.3 Å². The molecule has 1 amide bonds. The molecule has 0 fully saturated rings. The summed E-state index contributed by atoms with van der Waals surface area (Å²) in [7, 11) is 0. The van der Waals surface area contributed by atoms with Gasteiger partial charge in [-0.15, -0.1) is 0 Å². The maximum Gasteiger partial charge on any atom is 0.387 e. The fourth-order valence-corrected chi connectivity index (χ4v) is 1.74. The van der Waals surface area contributed by atoms with E-state index in [1.54, 1.807) is 19.1 Å². The van der Waals surface area contributed by atoms with E-state index < -0.39 is 18.3 Å². The van der Waals surface area contributed by atoms with Gasteiger partial charge in [-0.3, -0.25) is 4.79 Å². The first-order valence-electron chi connectivity index (χ1n) is 6.61. The predicted octanol–water partition coefficient (Wildman–Crippen LogP) is 3.58. The van der Waals surface area contributed by atoms with Crippen molar-refractivity contribution in [1.29, 1.82) is 0 Å². The molecule has 2 aromatic rings. The molecule has 0 spiro atoms. The van der Waals surface area contributed by atoms with Crippen LogP contribution in [-0.4, -0.2) is 18.2 Å². The molecule has 120 valence electrons. The van der Waals surface area contributed by atoms with Crippen LogP contribution in [0.2, 0.25) is 0 Å². The Morgan fingerprint density at radius 3 is 2.17 bits per heavy atom. The second-order valence-electron chi connectivity index (χ2n) is 4.55. The molecule has 0 radical (unpaired) electrons. The first-order chi connectivity index (χ1) is 11.0. The van der Waals surface area contributed by atoms with Crippen molar-refractivity contribution in [2.24, 2.45) is 5.10 Å². The molecule has 0 aliphatic rings. The molecule has 7 heteroatoms. The highest BCUT2D eigenvalue weighted by Gasteiger charge is 2.06. The van der Waals surface area contributed by atoms with Crippen molar-refractivity contribution in [2.75, 3.05) is 0 Å². The quantitative estimate of drug-likeness (QED) is 0.676. The zero-order chi connectivity index (χ0) is 16.8. The zero-order valence-corrected chi connectivity index (χ0v) is 12.1. The van der Waals surface area contributed by atoms with Gasteiger partial charge in [-0.05, 0) is 61.0 Å². The van der Waals surface area contributed by atoms with Gasteiger partial charge in [0.2, 0.25) is 0 Å². The van der Waals surface area contributed by atoms with Crippen LogP contribution in [0.1, 0.15) is 22.8 Å². The number of carbonyl (C=O) groups excluding carboxylic acids is 1. The maximum absolute atomic E-state index is 12.8. The number of hydrogen-bond acceptors (Lipinski definition) is 3. The maximum atomic E-state index is 12.8. The minimum absolute atomic E-state index is 0.0342. The third-order valence-corrected chi connectivity index (χ3v) is 2.93. The van der Waals surface area contributed by atoms with Crippen molar-refractivity contribution in [3.63, 3.8) is 0 Å². The molecule has 0 aliphatic heterocycles. The van der Waals surface area contributed by atoms with E-state index in [0.29, 0.717) is 11.3 Å². The summed E-state index contributed by atoms with van der Waals surface area (Å²) in [6.45, 7) is -1.24. The summed E-state index contributed by atoms with van der Waals surface area (Å²) in [6.07, 6.45) is 0. The highest BCUT2D eigenvalue weighted by atomic mass is 19.3. The van der Waals surface area contributed by atoms with E-state index in [1.165, 1.54) is 36.4 Å². The summed E-state index contributed by atoms with van der Waals surface area (Å²) in [5.41, 5.74) is 3.71. The lowest BCUT2D eigenvalue weighted by atomic mass is 10.1. The van der Waals surface area contributed by atoms with Crippen LogP contribution in [0.3, 0.4) is 0 Å². The van der Waals surface area contributed by atoms with Crippen LogP contribution < -0.4 is 10.2 Å². The molecule has 0 heterocycles. The molecule has 4 nitrogen and oxygen atoms in total. The lowest BCUT2D eigenvalue weighted by Crippen LogP contribution is -2.19. The second-order valence-corrected chi connectivity index (χ2v) is 4.55. The number of benzene rings is 2. The summed E-state index contributed by atoms with van der Waals surface area (Å²) in [5.74, 6) is -0.888. The van der Waals surface area contributed by atoms with Crippen molar-refractivity contribution in [2.45, 2.75) is 13.5 Å². The molecule has 0 saturated heterocycles. The van der Waals surface area contributed by atoms with Crippen LogP contribution in [0.5, 0.6) is 5.75 Å². The van der Waals surface area contributed by atoms with Crippen LogP contribution in [0, 0.1) is 5.82 Å². The summed E-state index contributed by atoms with van der Waals surface area (Å²) in [6, 6.07) is 10.9. The van der Waals surface area contributed by atoms with Gasteiger partial charge in [0.1, 0.15) is 11.6 Å². The zero-order valence-electron chi connectivity index (χ0n) is 12.1. The van der Waals surface area contributed by atoms with Gasteiger partial charge < -0.3 is 4.74 Å². The van der Waals surface area contributed by atoms with Crippen molar-refractivity contribution in [3.8, 4) is 5.75 Å². The molecule has 0 aliphatic carbocycles. The smallest absolute Gasteiger partial charge is 0.387 e. The number of alkyl halides is 2. The van der Waals surface area contributed by atoms with Crippen molar-refractivity contribution >= 4 is 11.6 Å². The first-order valence-corrected chi connectivity index (χ1v) is 6.61. The molecule has 0 bridgehead atoms. The largest absolute Gasteiger partial charge is 0.435 e. The number of nitrogens with one attached hydrogen (secondary N) is 1. The van der Waals surface area contributed by atoms with Crippen molar-refractivity contribution in [3.05, 3.63) is 65.5 Å². The second kappa shape index (κ2) is 7.44. The number of hydrogen-bond donors (Lipinski definition) is 1. The molecule has 2 aromatic carbocycles. The Morgan fingerprint density at radius 1 is 1.04 bits per heavy atom. The highest BCUT2D eigenvalue weighted by molar-refractivity contribution is 6.00. The molecule has 0 unspecified atom stereocenters. The van der Waals surface area contributed by atoms with E-state index in [0.717, 1.165) is 0 Å². The SMILES string of the molecule is C/C(=N\NC(=O)c1ccc(F)cc1)c1ccc(OC(F)F)cc1. The van der Waals surface area contributed by atoms with Gasteiger partial charge in [-0.1, -0.05) is 0 Å². The van der Waals surface area contributed by atoms with Gasteiger partial charge in [0.25, 0.3) is 5.91 Å². The van der Waals surface area contributed by atoms with E-state index in [4.69, 9.17) is 0 Å². The average molecular weight is 322 g/mol. The van der Waals surface area contributed by atoms with Crippen molar-refractivity contribution < 1.29 is 22.7 Å². The standard InChI is InChI=1S/C16H13F3N2O2/c1-10(11-4-8-14(9-5-11)23-16(18)19)20-21-15(22)12-2-6-13(17)7-3-12/h2-9,16H,1H3,(H,21,22)/b20-10+. The number of amides is 1. The summed E-state index contributed by atoms with van der Waals surface area (Å²) in [5, 5.41) is 3.92. The topological polar surface area (TPSA) is 50.7 Å². The van der Waals surface area contributed by atoms with Crippen LogP contribution >= 0.6 is 0 Å². The molecule has 23 heavy (non-hydrogen) atoms. The van der Waals surface area contributed by atoms with E-state index in [1.807, 2.05) is 0 Å². The van der Waals surface area contributed by atoms with Crippen LogP contribution in [0.25, 0.3) is 0 Å². The highest BCUT2D eigenvalue weighted by Crippen LogP contribution is 2.15. The van der Waals surface area contributed by atoms with Gasteiger partial charge in [-0.25, -0.2) is 9.82 Å². The van der Waals surface area contributed by atoms with E-state index >= 15 is 0 Å². The summed E-state index contributed by atoms with van der Waals surface area (Å²) < 4.78 is 41.1. The number of carbonyl (C=O) groups is 1. The lowest BCUT2D eigenvalue weighted by Gasteiger charge is -2.06. The number of ether oxygens (including phenoxy) is 1. The fourth-order valence-electron chi connectivity index (χ4n) is 1.74. The Labute approximate surface area is 130 Å². The Balaban J connectivity index is 2.01. The minimum Gasteiger partial charge on any atom is -0.435 e. The minimum atomic E-state index is -2.88. The monoisotopic (exact) mass is 322 g/mol. The van der Waals surface area contributed by atoms with Gasteiger partial charge in [0.05, 0.1) is 5.71 Å². The molecule has 1 N–H and O–H groups in total. The molecular weight excluding hydrogens is 309 g/mol. The Kier molecular flexibility index (Phi) is 5.35. The number of hydrazone groups is 1. The third-order valence-electron chi connectivity index (χ3n) is 2.93. The predicted molar refractivity (Wildman–Crippen MR) is 79.2 cm³/mol. The number of nitrogens with zero attached hydrogens (tertiary/aromatic N) is 1. The fraction of sp³-hybridized carbons (Fsp3) is 0.125.